The first kappa shape index (κ1) is 12.6. The number of methoxy groups -OCH3 is 1. The molecule has 0 saturated carbocycles. The van der Waals surface area contributed by atoms with E-state index in [1.54, 1.807) is 12.1 Å². The number of ether oxygens (including phenoxy) is 1. The highest BCUT2D eigenvalue weighted by Crippen LogP contribution is 2.17. The van der Waals surface area contributed by atoms with Gasteiger partial charge in [0, 0.05) is 11.6 Å². The van der Waals surface area contributed by atoms with Crippen molar-refractivity contribution in [1.29, 1.82) is 0 Å². The fourth-order valence-electron chi connectivity index (χ4n) is 1.33. The average Bonchev–Trinajstić information content (AvgIpc) is 2.20. The highest BCUT2D eigenvalue weighted by Gasteiger charge is 2.07. The van der Waals surface area contributed by atoms with Crippen molar-refractivity contribution < 1.29 is 14.2 Å². The Balaban J connectivity index is 2.53. The van der Waals surface area contributed by atoms with Crippen LogP contribution in [0.25, 0.3) is 0 Å². The second-order valence-electron chi connectivity index (χ2n) is 3.38. The fraction of sp³-hybridized carbons (Fsp3) is 0.455. The number of aryl methyl sites for hydroxylation is 1. The summed E-state index contributed by atoms with van der Waals surface area (Å²) >= 11 is 3.28. The molecule has 0 fully saturated rings. The van der Waals surface area contributed by atoms with Gasteiger partial charge in [-0.15, -0.1) is 0 Å². The first-order valence-electron chi connectivity index (χ1n) is 4.74. The lowest BCUT2D eigenvalue weighted by Crippen LogP contribution is -2.15. The topological polar surface area (TPSA) is 29.5 Å². The third kappa shape index (κ3) is 4.28. The molecule has 0 aliphatic carbocycles. The predicted molar refractivity (Wildman–Crippen MR) is 60.3 cm³/mol. The van der Waals surface area contributed by atoms with Gasteiger partial charge in [-0.3, -0.25) is 0 Å². The summed E-state index contributed by atoms with van der Waals surface area (Å²) < 4.78 is 18.9. The standard InChI is InChI=1S/C11H14BrFO2/c1-15-7-10(14)4-2-8-6-9(12)3-5-11(8)13/h3,5-6,10,14H,2,4,7H2,1H3. The van der Waals surface area contributed by atoms with Crippen molar-refractivity contribution in [1.82, 2.24) is 0 Å². The van der Waals surface area contributed by atoms with Gasteiger partial charge in [0.2, 0.25) is 0 Å². The molecular weight excluding hydrogens is 263 g/mol. The van der Waals surface area contributed by atoms with Gasteiger partial charge in [-0.05, 0) is 36.6 Å². The second-order valence-corrected chi connectivity index (χ2v) is 4.30. The molecule has 0 heterocycles. The van der Waals surface area contributed by atoms with E-state index >= 15 is 0 Å². The zero-order chi connectivity index (χ0) is 11.3. The molecule has 0 amide bonds. The molecule has 2 nitrogen and oxygen atoms in total. The Morgan fingerprint density at radius 2 is 2.27 bits per heavy atom. The summed E-state index contributed by atoms with van der Waals surface area (Å²) in [6.45, 7) is 0.287. The number of hydrogen-bond donors (Lipinski definition) is 1. The Hall–Kier alpha value is -0.450. The van der Waals surface area contributed by atoms with Gasteiger partial charge >= 0.3 is 0 Å². The van der Waals surface area contributed by atoms with Crippen LogP contribution in [0.5, 0.6) is 0 Å². The van der Waals surface area contributed by atoms with Crippen LogP contribution in [0.4, 0.5) is 4.39 Å². The van der Waals surface area contributed by atoms with Crippen molar-refractivity contribution in [3.8, 4) is 0 Å². The Kier molecular flexibility index (Phi) is 5.22. The van der Waals surface area contributed by atoms with Gasteiger partial charge < -0.3 is 9.84 Å². The zero-order valence-electron chi connectivity index (χ0n) is 8.54. The monoisotopic (exact) mass is 276 g/mol. The third-order valence-corrected chi connectivity index (χ3v) is 2.61. The largest absolute Gasteiger partial charge is 0.391 e. The molecule has 0 aliphatic heterocycles. The Morgan fingerprint density at radius 3 is 2.93 bits per heavy atom. The van der Waals surface area contributed by atoms with Crippen LogP contribution in [0.2, 0.25) is 0 Å². The van der Waals surface area contributed by atoms with E-state index < -0.39 is 6.10 Å². The van der Waals surface area contributed by atoms with Gasteiger partial charge in [0.25, 0.3) is 0 Å². The Morgan fingerprint density at radius 1 is 1.53 bits per heavy atom. The summed E-state index contributed by atoms with van der Waals surface area (Å²) in [6.07, 6.45) is 0.477. The van der Waals surface area contributed by atoms with Crippen LogP contribution in [-0.4, -0.2) is 24.9 Å². The second kappa shape index (κ2) is 6.20. The molecule has 1 unspecified atom stereocenters. The summed E-state index contributed by atoms with van der Waals surface area (Å²) in [5, 5.41) is 9.41. The molecule has 0 aliphatic rings. The van der Waals surface area contributed by atoms with Gasteiger partial charge in [-0.2, -0.15) is 0 Å². The van der Waals surface area contributed by atoms with E-state index in [0.29, 0.717) is 18.4 Å². The van der Waals surface area contributed by atoms with Crippen LogP contribution in [0, 0.1) is 5.82 Å². The molecule has 84 valence electrons. The van der Waals surface area contributed by atoms with Crippen LogP contribution in [0.3, 0.4) is 0 Å². The molecule has 0 bridgehead atoms. The quantitative estimate of drug-likeness (QED) is 0.896. The molecule has 1 rings (SSSR count). The summed E-state index contributed by atoms with van der Waals surface area (Å²) in [5.74, 6) is -0.234. The van der Waals surface area contributed by atoms with E-state index in [4.69, 9.17) is 4.74 Å². The molecule has 1 N–H and O–H groups in total. The molecule has 1 aromatic rings. The molecule has 0 saturated heterocycles. The zero-order valence-corrected chi connectivity index (χ0v) is 10.1. The molecule has 4 heteroatoms. The maximum Gasteiger partial charge on any atom is 0.126 e. The normalized spacial score (nSPS) is 12.8. The molecule has 0 spiro atoms. The van der Waals surface area contributed by atoms with Crippen LogP contribution in [0.15, 0.2) is 22.7 Å². The van der Waals surface area contributed by atoms with Gasteiger partial charge in [-0.1, -0.05) is 15.9 Å². The van der Waals surface area contributed by atoms with Crippen LogP contribution >= 0.6 is 15.9 Å². The molecular formula is C11H14BrFO2. The number of halogens is 2. The van der Waals surface area contributed by atoms with Crippen LogP contribution in [-0.2, 0) is 11.2 Å². The first-order chi connectivity index (χ1) is 7.13. The maximum atomic E-state index is 13.3. The fourth-order valence-corrected chi connectivity index (χ4v) is 1.74. The third-order valence-electron chi connectivity index (χ3n) is 2.11. The van der Waals surface area contributed by atoms with E-state index in [0.717, 1.165) is 4.47 Å². The Labute approximate surface area is 97.2 Å². The first-order valence-corrected chi connectivity index (χ1v) is 5.53. The van der Waals surface area contributed by atoms with Crippen molar-refractivity contribution in [2.24, 2.45) is 0 Å². The lowest BCUT2D eigenvalue weighted by molar-refractivity contribution is 0.0594. The minimum Gasteiger partial charge on any atom is -0.391 e. The SMILES string of the molecule is COCC(O)CCc1cc(Br)ccc1F. The van der Waals surface area contributed by atoms with Crippen molar-refractivity contribution in [3.63, 3.8) is 0 Å². The number of benzene rings is 1. The van der Waals surface area contributed by atoms with E-state index in [9.17, 15) is 9.50 Å². The minimum atomic E-state index is -0.534. The van der Waals surface area contributed by atoms with Gasteiger partial charge in [-0.25, -0.2) is 4.39 Å². The molecule has 0 radical (unpaired) electrons. The highest BCUT2D eigenvalue weighted by molar-refractivity contribution is 9.10. The number of aliphatic hydroxyl groups is 1. The van der Waals surface area contributed by atoms with E-state index in [1.165, 1.54) is 13.2 Å². The number of aliphatic hydroxyl groups excluding tert-OH is 1. The summed E-state index contributed by atoms with van der Waals surface area (Å²) in [6, 6.07) is 4.81. The molecule has 15 heavy (non-hydrogen) atoms. The summed E-state index contributed by atoms with van der Waals surface area (Å²) in [7, 11) is 1.53. The van der Waals surface area contributed by atoms with E-state index in [1.807, 2.05) is 0 Å². The molecule has 1 atom stereocenters. The van der Waals surface area contributed by atoms with E-state index in [2.05, 4.69) is 15.9 Å². The van der Waals surface area contributed by atoms with Gasteiger partial charge in [0.05, 0.1) is 12.7 Å². The highest BCUT2D eigenvalue weighted by atomic mass is 79.9. The lowest BCUT2D eigenvalue weighted by atomic mass is 10.1. The predicted octanol–water partition coefficient (Wildman–Crippen LogP) is 2.53. The lowest BCUT2D eigenvalue weighted by Gasteiger charge is -2.09. The molecule has 1 aromatic carbocycles. The van der Waals surface area contributed by atoms with Gasteiger partial charge in [0.1, 0.15) is 5.82 Å². The van der Waals surface area contributed by atoms with Crippen LogP contribution < -0.4 is 0 Å². The number of rotatable bonds is 5. The summed E-state index contributed by atoms with van der Waals surface area (Å²) in [4.78, 5) is 0. The van der Waals surface area contributed by atoms with E-state index in [-0.39, 0.29) is 12.4 Å². The van der Waals surface area contributed by atoms with Crippen molar-refractivity contribution in [3.05, 3.63) is 34.1 Å². The van der Waals surface area contributed by atoms with Crippen molar-refractivity contribution in [2.75, 3.05) is 13.7 Å². The average molecular weight is 277 g/mol. The van der Waals surface area contributed by atoms with Gasteiger partial charge in [0.15, 0.2) is 0 Å². The van der Waals surface area contributed by atoms with Crippen molar-refractivity contribution in [2.45, 2.75) is 18.9 Å². The smallest absolute Gasteiger partial charge is 0.126 e. The maximum absolute atomic E-state index is 13.3. The molecule has 0 aromatic heterocycles. The minimum absolute atomic E-state index is 0.234. The summed E-state index contributed by atoms with van der Waals surface area (Å²) in [5.41, 5.74) is 0.611. The Bertz CT molecular complexity index is 317. The van der Waals surface area contributed by atoms with Crippen molar-refractivity contribution >= 4 is 15.9 Å². The van der Waals surface area contributed by atoms with Crippen LogP contribution in [0.1, 0.15) is 12.0 Å². The number of hydrogen-bond acceptors (Lipinski definition) is 2.